The van der Waals surface area contributed by atoms with Crippen molar-refractivity contribution in [3.05, 3.63) is 70.0 Å². The Morgan fingerprint density at radius 3 is 2.04 bits per heavy atom. The summed E-state index contributed by atoms with van der Waals surface area (Å²) in [7, 11) is 1.73. The predicted octanol–water partition coefficient (Wildman–Crippen LogP) is 1.74. The Kier molecular flexibility index (Phi) is 12.3. The van der Waals surface area contributed by atoms with Crippen molar-refractivity contribution >= 4 is 0 Å². The Bertz CT molecular complexity index is 626. The van der Waals surface area contributed by atoms with Crippen molar-refractivity contribution in [2.24, 2.45) is 0 Å². The van der Waals surface area contributed by atoms with Crippen LogP contribution in [-0.2, 0) is 0 Å². The van der Waals surface area contributed by atoms with Crippen molar-refractivity contribution in [1.29, 1.82) is 0 Å². The van der Waals surface area contributed by atoms with Crippen LogP contribution in [0.15, 0.2) is 70.0 Å². The molecule has 0 radical (unpaired) electrons. The maximum Gasteiger partial charge on any atom is 0.0702 e. The quantitative estimate of drug-likeness (QED) is 0.246. The zero-order valence-electron chi connectivity index (χ0n) is 16.1. The molecule has 6 N–H and O–H groups in total. The highest BCUT2D eigenvalue weighted by molar-refractivity contribution is 5.52. The second kappa shape index (κ2) is 13.3. The summed E-state index contributed by atoms with van der Waals surface area (Å²) < 4.78 is 0. The van der Waals surface area contributed by atoms with Crippen LogP contribution in [0.5, 0.6) is 0 Å². The Labute approximate surface area is 156 Å². The molecule has 0 unspecified atom stereocenters. The number of allylic oxidation sites excluding steroid dienone is 5. The Hall–Kier alpha value is -1.96. The maximum absolute atomic E-state index is 9.69. The van der Waals surface area contributed by atoms with E-state index in [0.29, 0.717) is 22.4 Å². The molecule has 0 heterocycles. The van der Waals surface area contributed by atoms with Gasteiger partial charge in [-0.2, -0.15) is 0 Å². The highest BCUT2D eigenvalue weighted by atomic mass is 16.5. The summed E-state index contributed by atoms with van der Waals surface area (Å²) in [5.74, 6) is 0. The molecule has 0 aliphatic carbocycles. The minimum Gasteiger partial charge on any atom is -0.392 e. The van der Waals surface area contributed by atoms with E-state index >= 15 is 0 Å². The number of aliphatic hydroxyl groups excluding tert-OH is 3. The van der Waals surface area contributed by atoms with Crippen LogP contribution in [-0.4, -0.2) is 53.9 Å². The highest BCUT2D eigenvalue weighted by Gasteiger charge is 2.08. The van der Waals surface area contributed by atoms with E-state index in [-0.39, 0.29) is 26.4 Å². The maximum atomic E-state index is 9.69. The van der Waals surface area contributed by atoms with E-state index in [1.54, 1.807) is 32.2 Å². The summed E-state index contributed by atoms with van der Waals surface area (Å²) in [5, 5.41) is 40.3. The number of aliphatic hydroxyl groups is 3. The largest absolute Gasteiger partial charge is 0.392 e. The lowest BCUT2D eigenvalue weighted by atomic mass is 9.96. The lowest BCUT2D eigenvalue weighted by molar-refractivity contribution is 0.179. The van der Waals surface area contributed by atoms with Crippen molar-refractivity contribution in [2.45, 2.75) is 20.8 Å². The average Bonchev–Trinajstić information content (AvgIpc) is 2.67. The molecule has 0 saturated heterocycles. The van der Waals surface area contributed by atoms with Gasteiger partial charge in [0.2, 0.25) is 0 Å². The summed E-state index contributed by atoms with van der Waals surface area (Å²) in [5.41, 5.74) is 7.09. The van der Waals surface area contributed by atoms with Gasteiger partial charge in [-0.15, -0.1) is 0 Å². The molecule has 6 nitrogen and oxygen atoms in total. The van der Waals surface area contributed by atoms with E-state index in [4.69, 9.17) is 5.21 Å². The lowest BCUT2D eigenvalue weighted by Crippen LogP contribution is -2.15. The molecule has 0 aliphatic rings. The number of hydroxylamine groups is 1. The molecule has 0 spiro atoms. The van der Waals surface area contributed by atoms with Crippen LogP contribution in [0.1, 0.15) is 20.8 Å². The van der Waals surface area contributed by atoms with Crippen molar-refractivity contribution < 1.29 is 20.5 Å². The number of nitrogens with one attached hydrogen (secondary N) is 2. The van der Waals surface area contributed by atoms with Gasteiger partial charge < -0.3 is 25.8 Å². The fraction of sp³-hybridized carbons (Fsp3) is 0.400. The minimum atomic E-state index is -0.193. The number of hydrogen-bond donors (Lipinski definition) is 6. The normalized spacial score (nSPS) is 15.1. The molecule has 0 rings (SSSR count). The first-order valence-electron chi connectivity index (χ1n) is 8.41. The van der Waals surface area contributed by atoms with Crippen LogP contribution in [0.4, 0.5) is 0 Å². The molecule has 0 fully saturated rings. The van der Waals surface area contributed by atoms with Gasteiger partial charge in [0, 0.05) is 24.9 Å². The summed E-state index contributed by atoms with van der Waals surface area (Å²) in [4.78, 5) is 0. The van der Waals surface area contributed by atoms with Gasteiger partial charge in [0.1, 0.15) is 0 Å². The fourth-order valence-electron chi connectivity index (χ4n) is 2.26. The van der Waals surface area contributed by atoms with Gasteiger partial charge in [-0.3, -0.25) is 0 Å². The Morgan fingerprint density at radius 2 is 1.62 bits per heavy atom. The molecular weight excluding hydrogens is 332 g/mol. The summed E-state index contributed by atoms with van der Waals surface area (Å²) in [6, 6.07) is 0. The average molecular weight is 364 g/mol. The zero-order valence-corrected chi connectivity index (χ0v) is 16.1. The van der Waals surface area contributed by atoms with Crippen LogP contribution in [0, 0.1) is 0 Å². The molecule has 0 atom stereocenters. The summed E-state index contributed by atoms with van der Waals surface area (Å²) >= 11 is 0. The van der Waals surface area contributed by atoms with Gasteiger partial charge in [0.25, 0.3) is 0 Å². The van der Waals surface area contributed by atoms with Gasteiger partial charge in [0.05, 0.1) is 19.8 Å². The SMILES string of the molecule is C=C(/C=C(CO)\C(C)=C(/C)CO)C(=C/C)/C=C(CO)\C(=C\CNO)NC. The van der Waals surface area contributed by atoms with Crippen molar-refractivity contribution in [2.75, 3.05) is 33.4 Å². The second-order valence-electron chi connectivity index (χ2n) is 5.72. The molecule has 26 heavy (non-hydrogen) atoms. The second-order valence-corrected chi connectivity index (χ2v) is 5.72. The number of likely N-dealkylation sites (N-methyl/N-ethyl adjacent to an activating group) is 1. The first-order valence-corrected chi connectivity index (χ1v) is 8.41. The molecule has 0 amide bonds. The molecule has 0 aromatic heterocycles. The molecule has 0 aromatic carbocycles. The zero-order chi connectivity index (χ0) is 20.1. The molecule has 0 saturated carbocycles. The molecule has 146 valence electrons. The standard InChI is InChI=1S/C20H32N2O4/c1-6-17(10-19(13-25)20(21-5)7-8-22-26)14(2)9-18(12-24)16(4)15(3)11-23/h6-7,9-10,21-26H,2,8,11-13H2,1,3-5H3/b16-15+,17-6+,18-9-,19-10-,20-7-. The van der Waals surface area contributed by atoms with Gasteiger partial charge in [-0.05, 0) is 66.9 Å². The smallest absolute Gasteiger partial charge is 0.0702 e. The van der Waals surface area contributed by atoms with Crippen LogP contribution in [0.25, 0.3) is 0 Å². The third-order valence-electron chi connectivity index (χ3n) is 4.07. The lowest BCUT2D eigenvalue weighted by Gasteiger charge is -2.13. The Morgan fingerprint density at radius 1 is 1.00 bits per heavy atom. The van der Waals surface area contributed by atoms with E-state index in [0.717, 1.165) is 16.7 Å². The Balaban J connectivity index is 5.83. The third kappa shape index (κ3) is 7.51. The van der Waals surface area contributed by atoms with Crippen molar-refractivity contribution in [1.82, 2.24) is 10.8 Å². The van der Waals surface area contributed by atoms with E-state index in [1.165, 1.54) is 0 Å². The van der Waals surface area contributed by atoms with Gasteiger partial charge in [0.15, 0.2) is 0 Å². The molecule has 0 bridgehead atoms. The molecular formula is C20H32N2O4. The van der Waals surface area contributed by atoms with Gasteiger partial charge >= 0.3 is 0 Å². The topological polar surface area (TPSA) is 105 Å². The van der Waals surface area contributed by atoms with Gasteiger partial charge in [-0.25, -0.2) is 5.48 Å². The van der Waals surface area contributed by atoms with Gasteiger partial charge in [-0.1, -0.05) is 12.7 Å². The van der Waals surface area contributed by atoms with Crippen molar-refractivity contribution in [3.8, 4) is 0 Å². The minimum absolute atomic E-state index is 0.0735. The molecule has 0 aromatic rings. The fourth-order valence-corrected chi connectivity index (χ4v) is 2.26. The van der Waals surface area contributed by atoms with Crippen molar-refractivity contribution in [3.63, 3.8) is 0 Å². The van der Waals surface area contributed by atoms with E-state index < -0.39 is 0 Å². The number of hydrogen-bond acceptors (Lipinski definition) is 6. The first kappa shape index (κ1) is 24.0. The summed E-state index contributed by atoms with van der Waals surface area (Å²) in [6.07, 6.45) is 7.14. The first-order chi connectivity index (χ1) is 12.4. The number of rotatable bonds is 11. The highest BCUT2D eigenvalue weighted by Crippen LogP contribution is 2.21. The summed E-state index contributed by atoms with van der Waals surface area (Å²) in [6.45, 7) is 9.37. The van der Waals surface area contributed by atoms with Crippen LogP contribution >= 0.6 is 0 Å². The van der Waals surface area contributed by atoms with E-state index in [1.807, 2.05) is 25.4 Å². The van der Waals surface area contributed by atoms with Crippen LogP contribution < -0.4 is 10.8 Å². The van der Waals surface area contributed by atoms with Crippen LogP contribution in [0.2, 0.25) is 0 Å². The van der Waals surface area contributed by atoms with E-state index in [9.17, 15) is 15.3 Å². The predicted molar refractivity (Wildman–Crippen MR) is 106 cm³/mol. The van der Waals surface area contributed by atoms with Crippen LogP contribution in [0.3, 0.4) is 0 Å². The molecule has 0 aliphatic heterocycles. The monoisotopic (exact) mass is 364 g/mol. The molecule has 6 heteroatoms. The third-order valence-corrected chi connectivity index (χ3v) is 4.07. The van der Waals surface area contributed by atoms with E-state index in [2.05, 4.69) is 11.9 Å².